The van der Waals surface area contributed by atoms with Crippen molar-refractivity contribution in [3.05, 3.63) is 81.4 Å². The fourth-order valence-electron chi connectivity index (χ4n) is 1.95. The Bertz CT molecular complexity index is 795. The average molecular weight is 272 g/mol. The van der Waals surface area contributed by atoms with Gasteiger partial charge in [0.05, 0.1) is 25.6 Å². The van der Waals surface area contributed by atoms with Crippen LogP contribution in [0.25, 0.3) is 0 Å². The third-order valence-corrected chi connectivity index (χ3v) is 2.94. The first-order valence-electron chi connectivity index (χ1n) is 6.09. The molecule has 0 aliphatic carbocycles. The SMILES string of the molecule is O=c1ccn(Cc2ccco2)c(=O)n1Cc1ccco1. The minimum Gasteiger partial charge on any atom is -0.467 e. The first-order valence-corrected chi connectivity index (χ1v) is 6.09. The molecule has 3 heterocycles. The number of rotatable bonds is 4. The van der Waals surface area contributed by atoms with Crippen molar-refractivity contribution in [1.29, 1.82) is 0 Å². The summed E-state index contributed by atoms with van der Waals surface area (Å²) >= 11 is 0. The largest absolute Gasteiger partial charge is 0.467 e. The maximum Gasteiger partial charge on any atom is 0.331 e. The lowest BCUT2D eigenvalue weighted by Gasteiger charge is -2.07. The summed E-state index contributed by atoms with van der Waals surface area (Å²) in [6.45, 7) is 0.397. The lowest BCUT2D eigenvalue weighted by Crippen LogP contribution is -2.39. The first kappa shape index (κ1) is 12.3. The second-order valence-electron chi connectivity index (χ2n) is 4.31. The van der Waals surface area contributed by atoms with E-state index in [0.717, 1.165) is 4.57 Å². The molecule has 3 aromatic heterocycles. The highest BCUT2D eigenvalue weighted by Crippen LogP contribution is 2.02. The van der Waals surface area contributed by atoms with Gasteiger partial charge in [-0.2, -0.15) is 0 Å². The number of hydrogen-bond donors (Lipinski definition) is 0. The van der Waals surface area contributed by atoms with E-state index >= 15 is 0 Å². The molecule has 0 saturated heterocycles. The van der Waals surface area contributed by atoms with Crippen molar-refractivity contribution in [2.45, 2.75) is 13.1 Å². The van der Waals surface area contributed by atoms with Crippen LogP contribution >= 0.6 is 0 Å². The molecule has 0 aromatic carbocycles. The second kappa shape index (κ2) is 5.08. The zero-order chi connectivity index (χ0) is 13.9. The lowest BCUT2D eigenvalue weighted by atomic mass is 10.4. The second-order valence-corrected chi connectivity index (χ2v) is 4.31. The summed E-state index contributed by atoms with van der Waals surface area (Å²) in [6, 6.07) is 8.31. The van der Waals surface area contributed by atoms with Crippen molar-refractivity contribution < 1.29 is 8.83 Å². The predicted molar refractivity (Wildman–Crippen MR) is 70.6 cm³/mol. The van der Waals surface area contributed by atoms with Gasteiger partial charge in [-0.15, -0.1) is 0 Å². The molecule has 0 amide bonds. The van der Waals surface area contributed by atoms with E-state index in [0.29, 0.717) is 11.5 Å². The van der Waals surface area contributed by atoms with Gasteiger partial charge in [0.2, 0.25) is 0 Å². The van der Waals surface area contributed by atoms with Gasteiger partial charge in [0.1, 0.15) is 11.5 Å². The molecule has 6 nitrogen and oxygen atoms in total. The van der Waals surface area contributed by atoms with E-state index in [-0.39, 0.29) is 18.6 Å². The molecule has 6 heteroatoms. The average Bonchev–Trinajstić information content (AvgIpc) is 3.11. The summed E-state index contributed by atoms with van der Waals surface area (Å²) in [5, 5.41) is 0. The van der Waals surface area contributed by atoms with E-state index in [4.69, 9.17) is 8.83 Å². The zero-order valence-electron chi connectivity index (χ0n) is 10.6. The molecular formula is C14H12N2O4. The molecule has 0 atom stereocenters. The molecule has 0 fully saturated rings. The summed E-state index contributed by atoms with van der Waals surface area (Å²) in [4.78, 5) is 24.1. The summed E-state index contributed by atoms with van der Waals surface area (Å²) in [7, 11) is 0. The van der Waals surface area contributed by atoms with Crippen molar-refractivity contribution in [2.75, 3.05) is 0 Å². The van der Waals surface area contributed by atoms with Crippen LogP contribution < -0.4 is 11.2 Å². The standard InChI is InChI=1S/C14H12N2O4/c17-13-5-6-15(9-11-3-1-7-19-11)14(18)16(13)10-12-4-2-8-20-12/h1-8H,9-10H2. The van der Waals surface area contributed by atoms with Gasteiger partial charge in [-0.05, 0) is 24.3 Å². The van der Waals surface area contributed by atoms with E-state index in [1.165, 1.54) is 23.1 Å². The first-order chi connectivity index (χ1) is 9.74. The van der Waals surface area contributed by atoms with E-state index in [9.17, 15) is 9.59 Å². The van der Waals surface area contributed by atoms with E-state index in [2.05, 4.69) is 0 Å². The highest BCUT2D eigenvalue weighted by molar-refractivity contribution is 5.02. The fourth-order valence-corrected chi connectivity index (χ4v) is 1.95. The van der Waals surface area contributed by atoms with Crippen LogP contribution in [-0.2, 0) is 13.1 Å². The summed E-state index contributed by atoms with van der Waals surface area (Å²) in [6.07, 6.45) is 4.51. The van der Waals surface area contributed by atoms with Gasteiger partial charge in [0.15, 0.2) is 0 Å². The van der Waals surface area contributed by atoms with Crippen molar-refractivity contribution >= 4 is 0 Å². The third-order valence-electron chi connectivity index (χ3n) is 2.94. The summed E-state index contributed by atoms with van der Waals surface area (Å²) in [5.41, 5.74) is -0.757. The molecule has 3 rings (SSSR count). The zero-order valence-corrected chi connectivity index (χ0v) is 10.6. The molecule has 0 spiro atoms. The van der Waals surface area contributed by atoms with E-state index < -0.39 is 5.69 Å². The van der Waals surface area contributed by atoms with Crippen LogP contribution in [0.4, 0.5) is 0 Å². The summed E-state index contributed by atoms with van der Waals surface area (Å²) < 4.78 is 12.9. The normalized spacial score (nSPS) is 10.8. The quantitative estimate of drug-likeness (QED) is 0.717. The van der Waals surface area contributed by atoms with Crippen LogP contribution in [0.2, 0.25) is 0 Å². The third kappa shape index (κ3) is 2.35. The van der Waals surface area contributed by atoms with E-state index in [1.54, 1.807) is 30.5 Å². The Hall–Kier alpha value is -2.76. The lowest BCUT2D eigenvalue weighted by molar-refractivity contribution is 0.460. The van der Waals surface area contributed by atoms with Crippen molar-refractivity contribution in [2.24, 2.45) is 0 Å². The van der Waals surface area contributed by atoms with Crippen LogP contribution in [0.1, 0.15) is 11.5 Å². The van der Waals surface area contributed by atoms with Crippen molar-refractivity contribution in [3.8, 4) is 0 Å². The molecule has 102 valence electrons. The Morgan fingerprint density at radius 2 is 1.55 bits per heavy atom. The minimum atomic E-state index is -0.398. The molecule has 3 aromatic rings. The minimum absolute atomic E-state index is 0.115. The van der Waals surface area contributed by atoms with Crippen LogP contribution in [0, 0.1) is 0 Å². The molecule has 0 aliphatic rings. The van der Waals surface area contributed by atoms with Gasteiger partial charge in [0, 0.05) is 12.3 Å². The number of aromatic nitrogens is 2. The predicted octanol–water partition coefficient (Wildman–Crippen LogP) is 1.29. The van der Waals surface area contributed by atoms with Crippen LogP contribution in [-0.4, -0.2) is 9.13 Å². The molecule has 0 bridgehead atoms. The molecule has 0 saturated carbocycles. The van der Waals surface area contributed by atoms with Crippen molar-refractivity contribution in [3.63, 3.8) is 0 Å². The smallest absolute Gasteiger partial charge is 0.331 e. The Morgan fingerprint density at radius 3 is 2.15 bits per heavy atom. The Labute approximate surface area is 113 Å². The number of hydrogen-bond acceptors (Lipinski definition) is 4. The molecule has 0 unspecified atom stereocenters. The topological polar surface area (TPSA) is 70.3 Å². The molecule has 0 aliphatic heterocycles. The Balaban J connectivity index is 1.97. The maximum absolute atomic E-state index is 12.3. The Morgan fingerprint density at radius 1 is 0.900 bits per heavy atom. The van der Waals surface area contributed by atoms with Crippen molar-refractivity contribution in [1.82, 2.24) is 9.13 Å². The van der Waals surface area contributed by atoms with Gasteiger partial charge in [-0.1, -0.05) is 0 Å². The van der Waals surface area contributed by atoms with Gasteiger partial charge < -0.3 is 8.83 Å². The fraction of sp³-hybridized carbons (Fsp3) is 0.143. The highest BCUT2D eigenvalue weighted by Gasteiger charge is 2.08. The van der Waals surface area contributed by atoms with Gasteiger partial charge in [-0.25, -0.2) is 4.79 Å². The molecule has 0 N–H and O–H groups in total. The van der Waals surface area contributed by atoms with Crippen LogP contribution in [0.3, 0.4) is 0 Å². The Kier molecular flexibility index (Phi) is 3.12. The van der Waals surface area contributed by atoms with Gasteiger partial charge >= 0.3 is 5.69 Å². The number of furan rings is 2. The monoisotopic (exact) mass is 272 g/mol. The number of nitrogens with zero attached hydrogens (tertiary/aromatic N) is 2. The van der Waals surface area contributed by atoms with Gasteiger partial charge in [0.25, 0.3) is 5.56 Å². The van der Waals surface area contributed by atoms with E-state index in [1.807, 2.05) is 0 Å². The summed E-state index contributed by atoms with van der Waals surface area (Å²) in [5.74, 6) is 1.20. The van der Waals surface area contributed by atoms with Gasteiger partial charge in [-0.3, -0.25) is 13.9 Å². The highest BCUT2D eigenvalue weighted by atomic mass is 16.3. The van der Waals surface area contributed by atoms with Crippen LogP contribution in [0.5, 0.6) is 0 Å². The molecule has 0 radical (unpaired) electrons. The molecule has 20 heavy (non-hydrogen) atoms. The molecular weight excluding hydrogens is 260 g/mol. The van der Waals surface area contributed by atoms with Crippen LogP contribution in [0.15, 0.2) is 67.5 Å². The maximum atomic E-state index is 12.3.